The first-order chi connectivity index (χ1) is 8.24. The van der Waals surface area contributed by atoms with Crippen LogP contribution >= 0.6 is 0 Å². The van der Waals surface area contributed by atoms with Crippen LogP contribution in [-0.4, -0.2) is 30.9 Å². The molecular weight excluding hydrogens is 220 g/mol. The van der Waals surface area contributed by atoms with Crippen molar-refractivity contribution >= 4 is 5.97 Å². The molecule has 4 nitrogen and oxygen atoms in total. The maximum absolute atomic E-state index is 11.8. The van der Waals surface area contributed by atoms with E-state index in [4.69, 9.17) is 14.6 Å². The number of cyclic esters (lactones) is 1. The molecular formula is C13H16O4. The van der Waals surface area contributed by atoms with Crippen molar-refractivity contribution in [3.8, 4) is 5.75 Å². The van der Waals surface area contributed by atoms with Gasteiger partial charge in [0.25, 0.3) is 0 Å². The second-order valence-corrected chi connectivity index (χ2v) is 4.12. The topological polar surface area (TPSA) is 55.8 Å². The van der Waals surface area contributed by atoms with Gasteiger partial charge in [0.15, 0.2) is 0 Å². The van der Waals surface area contributed by atoms with Gasteiger partial charge in [-0.3, -0.25) is 0 Å². The third-order valence-corrected chi connectivity index (χ3v) is 2.94. The number of hydrogen-bond acceptors (Lipinski definition) is 4. The number of hydrogen-bond donors (Lipinski definition) is 1. The van der Waals surface area contributed by atoms with Gasteiger partial charge in [-0.15, -0.1) is 0 Å². The molecule has 0 saturated heterocycles. The maximum Gasteiger partial charge on any atom is 0.338 e. The van der Waals surface area contributed by atoms with Crippen LogP contribution in [0.5, 0.6) is 5.75 Å². The Morgan fingerprint density at radius 3 is 3.06 bits per heavy atom. The average molecular weight is 236 g/mol. The molecule has 0 amide bonds. The third-order valence-electron chi connectivity index (χ3n) is 2.94. The Hall–Kier alpha value is -1.55. The minimum Gasteiger partial charge on any atom is -0.497 e. The summed E-state index contributed by atoms with van der Waals surface area (Å²) in [7, 11) is 1.57. The number of ether oxygens (including phenoxy) is 2. The minimum atomic E-state index is -0.298. The van der Waals surface area contributed by atoms with Crippen molar-refractivity contribution in [3.63, 3.8) is 0 Å². The molecule has 1 aliphatic rings. The Bertz CT molecular complexity index is 414. The van der Waals surface area contributed by atoms with Crippen molar-refractivity contribution in [2.45, 2.75) is 25.4 Å². The lowest BCUT2D eigenvalue weighted by molar-refractivity contribution is 0.0221. The van der Waals surface area contributed by atoms with Crippen molar-refractivity contribution in [2.24, 2.45) is 0 Å². The number of aliphatic hydroxyl groups excluding tert-OH is 1. The maximum atomic E-state index is 11.8. The van der Waals surface area contributed by atoms with Crippen LogP contribution in [0.25, 0.3) is 0 Å². The largest absolute Gasteiger partial charge is 0.497 e. The van der Waals surface area contributed by atoms with Crippen LogP contribution in [0.4, 0.5) is 0 Å². The molecule has 0 aromatic heterocycles. The van der Waals surface area contributed by atoms with Crippen LogP contribution in [0.1, 0.15) is 28.8 Å². The first kappa shape index (κ1) is 11.9. The van der Waals surface area contributed by atoms with E-state index < -0.39 is 0 Å². The van der Waals surface area contributed by atoms with E-state index >= 15 is 0 Å². The molecule has 0 aliphatic carbocycles. The van der Waals surface area contributed by atoms with Crippen LogP contribution in [-0.2, 0) is 11.2 Å². The summed E-state index contributed by atoms with van der Waals surface area (Å²) in [5, 5.41) is 8.77. The summed E-state index contributed by atoms with van der Waals surface area (Å²) in [5.74, 6) is 0.364. The van der Waals surface area contributed by atoms with Gasteiger partial charge in [0, 0.05) is 13.0 Å². The van der Waals surface area contributed by atoms with E-state index in [0.29, 0.717) is 30.6 Å². The highest BCUT2D eigenvalue weighted by atomic mass is 16.5. The standard InChI is InChI=1S/C13H16O4/c1-16-10-5-4-9-7-11(3-2-6-14)17-13(15)12(9)8-10/h4-5,8,11,14H,2-3,6-7H2,1H3. The fourth-order valence-electron chi connectivity index (χ4n) is 2.03. The Kier molecular flexibility index (Phi) is 3.64. The second kappa shape index (κ2) is 5.19. The molecule has 17 heavy (non-hydrogen) atoms. The van der Waals surface area contributed by atoms with Gasteiger partial charge >= 0.3 is 5.97 Å². The summed E-state index contributed by atoms with van der Waals surface area (Å²) in [6.07, 6.45) is 1.96. The highest BCUT2D eigenvalue weighted by Gasteiger charge is 2.26. The van der Waals surface area contributed by atoms with Gasteiger partial charge in [-0.1, -0.05) is 6.07 Å². The van der Waals surface area contributed by atoms with E-state index in [1.807, 2.05) is 12.1 Å². The molecule has 1 aromatic rings. The van der Waals surface area contributed by atoms with E-state index in [2.05, 4.69) is 0 Å². The lowest BCUT2D eigenvalue weighted by Crippen LogP contribution is -2.27. The SMILES string of the molecule is COc1ccc2c(c1)C(=O)OC(CCCO)C2. The van der Waals surface area contributed by atoms with Crippen LogP contribution in [0.3, 0.4) is 0 Å². The molecule has 0 saturated carbocycles. The molecule has 1 aliphatic heterocycles. The highest BCUT2D eigenvalue weighted by Crippen LogP contribution is 2.26. The zero-order valence-electron chi connectivity index (χ0n) is 9.81. The number of fused-ring (bicyclic) bond motifs is 1. The lowest BCUT2D eigenvalue weighted by atomic mass is 9.96. The summed E-state index contributed by atoms with van der Waals surface area (Å²) < 4.78 is 10.4. The Morgan fingerprint density at radius 1 is 1.53 bits per heavy atom. The minimum absolute atomic E-state index is 0.115. The van der Waals surface area contributed by atoms with Crippen molar-refractivity contribution in [2.75, 3.05) is 13.7 Å². The van der Waals surface area contributed by atoms with E-state index in [9.17, 15) is 4.79 Å². The van der Waals surface area contributed by atoms with Crippen LogP contribution in [0.15, 0.2) is 18.2 Å². The molecule has 0 spiro atoms. The van der Waals surface area contributed by atoms with E-state index in [0.717, 1.165) is 5.56 Å². The first-order valence-electron chi connectivity index (χ1n) is 5.73. The number of carbonyl (C=O) groups is 1. The van der Waals surface area contributed by atoms with E-state index in [-0.39, 0.29) is 18.7 Å². The molecule has 1 atom stereocenters. The zero-order chi connectivity index (χ0) is 12.3. The van der Waals surface area contributed by atoms with Crippen molar-refractivity contribution < 1.29 is 19.4 Å². The molecule has 2 rings (SSSR count). The normalized spacial score (nSPS) is 18.5. The van der Waals surface area contributed by atoms with Gasteiger partial charge in [-0.2, -0.15) is 0 Å². The molecule has 1 heterocycles. The summed E-state index contributed by atoms with van der Waals surface area (Å²) >= 11 is 0. The average Bonchev–Trinajstić information content (AvgIpc) is 2.36. The Morgan fingerprint density at radius 2 is 2.35 bits per heavy atom. The number of aliphatic hydroxyl groups is 1. The molecule has 92 valence electrons. The van der Waals surface area contributed by atoms with Gasteiger partial charge in [-0.25, -0.2) is 4.79 Å². The smallest absolute Gasteiger partial charge is 0.338 e. The van der Waals surface area contributed by atoms with Gasteiger partial charge in [0.2, 0.25) is 0 Å². The zero-order valence-corrected chi connectivity index (χ0v) is 9.81. The number of benzene rings is 1. The fraction of sp³-hybridized carbons (Fsp3) is 0.462. The number of esters is 1. The predicted octanol–water partition coefficient (Wildman–Crippen LogP) is 1.55. The van der Waals surface area contributed by atoms with Crippen LogP contribution in [0.2, 0.25) is 0 Å². The van der Waals surface area contributed by atoms with Gasteiger partial charge in [0.1, 0.15) is 11.9 Å². The van der Waals surface area contributed by atoms with Gasteiger partial charge in [-0.05, 0) is 30.5 Å². The second-order valence-electron chi connectivity index (χ2n) is 4.12. The molecule has 0 radical (unpaired) electrons. The molecule has 1 N–H and O–H groups in total. The molecule has 1 aromatic carbocycles. The van der Waals surface area contributed by atoms with E-state index in [1.165, 1.54) is 0 Å². The molecule has 4 heteroatoms. The quantitative estimate of drug-likeness (QED) is 0.806. The summed E-state index contributed by atoms with van der Waals surface area (Å²) in [6, 6.07) is 5.46. The lowest BCUT2D eigenvalue weighted by Gasteiger charge is -2.24. The Labute approximate surface area is 100 Å². The third kappa shape index (κ3) is 2.58. The van der Waals surface area contributed by atoms with Crippen LogP contribution < -0.4 is 4.74 Å². The van der Waals surface area contributed by atoms with Crippen LogP contribution in [0, 0.1) is 0 Å². The summed E-state index contributed by atoms with van der Waals surface area (Å²) in [6.45, 7) is 0.128. The fourth-order valence-corrected chi connectivity index (χ4v) is 2.03. The molecule has 0 fully saturated rings. The molecule has 0 bridgehead atoms. The summed E-state index contributed by atoms with van der Waals surface area (Å²) in [4.78, 5) is 11.8. The van der Waals surface area contributed by atoms with E-state index in [1.54, 1.807) is 13.2 Å². The number of carbonyl (C=O) groups excluding carboxylic acids is 1. The van der Waals surface area contributed by atoms with Gasteiger partial charge < -0.3 is 14.6 Å². The van der Waals surface area contributed by atoms with Gasteiger partial charge in [0.05, 0.1) is 12.7 Å². The number of rotatable bonds is 4. The summed E-state index contributed by atoms with van der Waals surface area (Å²) in [5.41, 5.74) is 1.58. The van der Waals surface area contributed by atoms with Crippen molar-refractivity contribution in [1.82, 2.24) is 0 Å². The Balaban J connectivity index is 2.17. The highest BCUT2D eigenvalue weighted by molar-refractivity contribution is 5.92. The number of methoxy groups -OCH3 is 1. The van der Waals surface area contributed by atoms with Crippen molar-refractivity contribution in [3.05, 3.63) is 29.3 Å². The first-order valence-corrected chi connectivity index (χ1v) is 5.73. The monoisotopic (exact) mass is 236 g/mol. The molecule has 1 unspecified atom stereocenters. The predicted molar refractivity (Wildman–Crippen MR) is 62.2 cm³/mol. The van der Waals surface area contributed by atoms with Crippen molar-refractivity contribution in [1.29, 1.82) is 0 Å².